The Bertz CT molecular complexity index is 609. The van der Waals surface area contributed by atoms with E-state index in [2.05, 4.69) is 28.6 Å². The maximum atomic E-state index is 5.66. The Morgan fingerprint density at radius 2 is 1.92 bits per heavy atom. The van der Waals surface area contributed by atoms with Gasteiger partial charge >= 0.3 is 0 Å². The van der Waals surface area contributed by atoms with Gasteiger partial charge in [-0.25, -0.2) is 4.99 Å². The largest absolute Gasteiger partial charge is 0.494 e. The topological polar surface area (TPSA) is 58.8 Å². The molecule has 0 aliphatic carbocycles. The summed E-state index contributed by atoms with van der Waals surface area (Å²) in [5.74, 6) is 2.68. The Kier molecular flexibility index (Phi) is 7.74. The van der Waals surface area contributed by atoms with Crippen molar-refractivity contribution in [3.63, 3.8) is 0 Å². The first-order chi connectivity index (χ1) is 11.8. The number of rotatable bonds is 9. The maximum Gasteiger partial charge on any atom is 0.191 e. The van der Waals surface area contributed by atoms with Crippen LogP contribution in [0.5, 0.6) is 5.75 Å². The van der Waals surface area contributed by atoms with Gasteiger partial charge in [-0.1, -0.05) is 25.1 Å². The summed E-state index contributed by atoms with van der Waals surface area (Å²) in [7, 11) is 0. The molecule has 1 heterocycles. The first kappa shape index (κ1) is 17.9. The molecule has 2 aromatic rings. The minimum Gasteiger partial charge on any atom is -0.494 e. The Hall–Kier alpha value is -2.43. The summed E-state index contributed by atoms with van der Waals surface area (Å²) in [6.07, 6.45) is 3.58. The highest BCUT2D eigenvalue weighted by molar-refractivity contribution is 5.79. The van der Waals surface area contributed by atoms with Gasteiger partial charge in [0, 0.05) is 25.1 Å². The predicted molar refractivity (Wildman–Crippen MR) is 97.5 cm³/mol. The van der Waals surface area contributed by atoms with Crippen LogP contribution in [0.25, 0.3) is 0 Å². The Morgan fingerprint density at radius 1 is 1.08 bits per heavy atom. The molecule has 0 saturated carbocycles. The molecule has 130 valence electrons. The summed E-state index contributed by atoms with van der Waals surface area (Å²) in [5.41, 5.74) is 1.09. The number of para-hydroxylation sites is 1. The molecule has 0 amide bonds. The number of guanidine groups is 1. The molecule has 0 bridgehead atoms. The van der Waals surface area contributed by atoms with E-state index in [0.717, 1.165) is 49.0 Å². The Balaban J connectivity index is 1.94. The number of aliphatic imine (C=N–C) groups is 1. The molecule has 5 nitrogen and oxygen atoms in total. The van der Waals surface area contributed by atoms with Gasteiger partial charge in [0.1, 0.15) is 11.5 Å². The van der Waals surface area contributed by atoms with Gasteiger partial charge in [0.15, 0.2) is 5.96 Å². The number of ether oxygens (including phenoxy) is 1. The molecule has 0 atom stereocenters. The van der Waals surface area contributed by atoms with Crippen LogP contribution in [0.3, 0.4) is 0 Å². The third kappa shape index (κ3) is 5.99. The van der Waals surface area contributed by atoms with Crippen molar-refractivity contribution >= 4 is 5.96 Å². The lowest BCUT2D eigenvalue weighted by Gasteiger charge is -2.13. The number of nitrogens with zero attached hydrogens (tertiary/aromatic N) is 1. The third-order valence-electron chi connectivity index (χ3n) is 3.47. The van der Waals surface area contributed by atoms with Gasteiger partial charge in [-0.2, -0.15) is 0 Å². The number of hydrogen-bond donors (Lipinski definition) is 2. The van der Waals surface area contributed by atoms with Gasteiger partial charge in [0.05, 0.1) is 19.4 Å². The molecule has 0 saturated heterocycles. The predicted octanol–water partition coefficient (Wildman–Crippen LogP) is 3.37. The van der Waals surface area contributed by atoms with Crippen LogP contribution in [0, 0.1) is 0 Å². The second-order valence-corrected chi connectivity index (χ2v) is 5.39. The van der Waals surface area contributed by atoms with Crippen molar-refractivity contribution in [1.29, 1.82) is 0 Å². The van der Waals surface area contributed by atoms with Crippen molar-refractivity contribution in [2.75, 3.05) is 19.7 Å². The Labute approximate surface area is 144 Å². The number of hydrogen-bond acceptors (Lipinski definition) is 3. The molecular weight excluding hydrogens is 302 g/mol. The minimum absolute atomic E-state index is 0.579. The Morgan fingerprint density at radius 3 is 2.67 bits per heavy atom. The SMILES string of the molecule is CCCNC(=NCc1ccccc1OCC)NCCc1ccco1. The standard InChI is InChI=1S/C19H27N3O2/c1-3-12-20-19(21-13-11-17-9-7-14-24-17)22-15-16-8-5-6-10-18(16)23-4-2/h5-10,14H,3-4,11-13,15H2,1-2H3,(H2,20,21,22). The van der Waals surface area contributed by atoms with Crippen LogP contribution in [0.15, 0.2) is 52.1 Å². The second-order valence-electron chi connectivity index (χ2n) is 5.39. The molecular formula is C19H27N3O2. The van der Waals surface area contributed by atoms with Gasteiger partial charge in [0.25, 0.3) is 0 Å². The van der Waals surface area contributed by atoms with Crippen molar-refractivity contribution in [2.45, 2.75) is 33.2 Å². The van der Waals surface area contributed by atoms with E-state index in [1.807, 2.05) is 37.3 Å². The van der Waals surface area contributed by atoms with Crippen LogP contribution in [-0.2, 0) is 13.0 Å². The first-order valence-electron chi connectivity index (χ1n) is 8.58. The number of nitrogens with one attached hydrogen (secondary N) is 2. The van der Waals surface area contributed by atoms with Crippen LogP contribution in [0.4, 0.5) is 0 Å². The fraction of sp³-hybridized carbons (Fsp3) is 0.421. The van der Waals surface area contributed by atoms with Crippen LogP contribution in [0.2, 0.25) is 0 Å². The number of furan rings is 1. The molecule has 0 fully saturated rings. The van der Waals surface area contributed by atoms with E-state index in [1.165, 1.54) is 0 Å². The molecule has 0 spiro atoms. The lowest BCUT2D eigenvalue weighted by atomic mass is 10.2. The average molecular weight is 329 g/mol. The highest BCUT2D eigenvalue weighted by atomic mass is 16.5. The first-order valence-corrected chi connectivity index (χ1v) is 8.58. The normalized spacial score (nSPS) is 11.3. The van der Waals surface area contributed by atoms with E-state index >= 15 is 0 Å². The van der Waals surface area contributed by atoms with E-state index < -0.39 is 0 Å². The molecule has 0 aliphatic heterocycles. The van der Waals surface area contributed by atoms with Gasteiger partial charge < -0.3 is 19.8 Å². The quantitative estimate of drug-likeness (QED) is 0.547. The molecule has 2 N–H and O–H groups in total. The number of benzene rings is 1. The lowest BCUT2D eigenvalue weighted by molar-refractivity contribution is 0.336. The lowest BCUT2D eigenvalue weighted by Crippen LogP contribution is -2.38. The van der Waals surface area contributed by atoms with Crippen molar-refractivity contribution < 1.29 is 9.15 Å². The summed E-state index contributed by atoms with van der Waals surface area (Å²) in [6.45, 7) is 7.03. The van der Waals surface area contributed by atoms with Gasteiger partial charge in [-0.3, -0.25) is 0 Å². The van der Waals surface area contributed by atoms with E-state index in [4.69, 9.17) is 9.15 Å². The average Bonchev–Trinajstić information content (AvgIpc) is 3.11. The van der Waals surface area contributed by atoms with Gasteiger partial charge in [-0.15, -0.1) is 0 Å². The van der Waals surface area contributed by atoms with Crippen LogP contribution in [0.1, 0.15) is 31.6 Å². The summed E-state index contributed by atoms with van der Waals surface area (Å²) in [5, 5.41) is 6.69. The molecule has 0 unspecified atom stereocenters. The minimum atomic E-state index is 0.579. The van der Waals surface area contributed by atoms with E-state index in [-0.39, 0.29) is 0 Å². The highest BCUT2D eigenvalue weighted by Crippen LogP contribution is 2.18. The van der Waals surface area contributed by atoms with E-state index in [9.17, 15) is 0 Å². The molecule has 5 heteroatoms. The van der Waals surface area contributed by atoms with Crippen molar-refractivity contribution in [3.8, 4) is 5.75 Å². The molecule has 0 aliphatic rings. The van der Waals surface area contributed by atoms with Gasteiger partial charge in [-0.05, 0) is 31.5 Å². The summed E-state index contributed by atoms with van der Waals surface area (Å²) < 4.78 is 11.0. The van der Waals surface area contributed by atoms with E-state index in [1.54, 1.807) is 6.26 Å². The van der Waals surface area contributed by atoms with Crippen LogP contribution >= 0.6 is 0 Å². The fourth-order valence-electron chi connectivity index (χ4n) is 2.27. The molecule has 24 heavy (non-hydrogen) atoms. The molecule has 0 radical (unpaired) electrons. The zero-order valence-corrected chi connectivity index (χ0v) is 14.5. The summed E-state index contributed by atoms with van der Waals surface area (Å²) in [6, 6.07) is 11.9. The summed E-state index contributed by atoms with van der Waals surface area (Å²) in [4.78, 5) is 4.68. The molecule has 2 rings (SSSR count). The molecule has 1 aromatic carbocycles. The van der Waals surface area contributed by atoms with E-state index in [0.29, 0.717) is 13.2 Å². The summed E-state index contributed by atoms with van der Waals surface area (Å²) >= 11 is 0. The van der Waals surface area contributed by atoms with Crippen LogP contribution in [-0.4, -0.2) is 25.7 Å². The zero-order chi connectivity index (χ0) is 17.0. The van der Waals surface area contributed by atoms with Crippen molar-refractivity contribution in [1.82, 2.24) is 10.6 Å². The second kappa shape index (κ2) is 10.4. The third-order valence-corrected chi connectivity index (χ3v) is 3.47. The van der Waals surface area contributed by atoms with Crippen molar-refractivity contribution in [3.05, 3.63) is 54.0 Å². The van der Waals surface area contributed by atoms with Gasteiger partial charge in [0.2, 0.25) is 0 Å². The monoisotopic (exact) mass is 329 g/mol. The molecule has 1 aromatic heterocycles. The van der Waals surface area contributed by atoms with Crippen LogP contribution < -0.4 is 15.4 Å². The zero-order valence-electron chi connectivity index (χ0n) is 14.5. The fourth-order valence-corrected chi connectivity index (χ4v) is 2.27. The van der Waals surface area contributed by atoms with Crippen molar-refractivity contribution in [2.24, 2.45) is 4.99 Å². The maximum absolute atomic E-state index is 5.66. The highest BCUT2D eigenvalue weighted by Gasteiger charge is 2.03. The smallest absolute Gasteiger partial charge is 0.191 e.